The van der Waals surface area contributed by atoms with Gasteiger partial charge in [-0.1, -0.05) is 0 Å². The van der Waals surface area contributed by atoms with Gasteiger partial charge in [0.05, 0.1) is 7.11 Å². The highest BCUT2D eigenvalue weighted by Crippen LogP contribution is 2.29. The van der Waals surface area contributed by atoms with E-state index in [1.54, 1.807) is 6.07 Å². The highest BCUT2D eigenvalue weighted by molar-refractivity contribution is 6.17. The zero-order chi connectivity index (χ0) is 8.97. The van der Waals surface area contributed by atoms with Crippen molar-refractivity contribution in [2.45, 2.75) is 0 Å². The number of benzene rings is 1. The zero-order valence-corrected chi connectivity index (χ0v) is 6.52. The molecule has 1 aromatic carbocycles. The molecule has 1 aromatic rings. The van der Waals surface area contributed by atoms with Crippen molar-refractivity contribution in [3.05, 3.63) is 18.2 Å². The van der Waals surface area contributed by atoms with Gasteiger partial charge in [0.15, 0.2) is 11.5 Å². The standard InChI is InChI=1S/C7H8BO4/c1-11-7-3-2-5(12-8-10)4-6(7)9/h2-4,9-10H,1H3. The molecule has 0 bridgehead atoms. The van der Waals surface area contributed by atoms with Gasteiger partial charge in [0.2, 0.25) is 0 Å². The Labute approximate surface area is 70.7 Å². The lowest BCUT2D eigenvalue weighted by Gasteiger charge is -2.05. The van der Waals surface area contributed by atoms with E-state index in [0.29, 0.717) is 19.2 Å². The SMILES string of the molecule is COc1ccc(O[B]O)cc1O. The van der Waals surface area contributed by atoms with E-state index in [-0.39, 0.29) is 5.75 Å². The largest absolute Gasteiger partial charge is 0.569 e. The summed E-state index contributed by atoms with van der Waals surface area (Å²) in [6.07, 6.45) is 0. The van der Waals surface area contributed by atoms with E-state index in [4.69, 9.17) is 9.76 Å². The van der Waals surface area contributed by atoms with Crippen molar-refractivity contribution in [1.82, 2.24) is 0 Å². The molecule has 5 heteroatoms. The van der Waals surface area contributed by atoms with Crippen LogP contribution in [0.4, 0.5) is 0 Å². The van der Waals surface area contributed by atoms with Crippen LogP contribution in [0.15, 0.2) is 18.2 Å². The number of hydrogen-bond donors (Lipinski definition) is 2. The lowest BCUT2D eigenvalue weighted by atomic mass is 10.3. The Morgan fingerprint density at radius 1 is 1.42 bits per heavy atom. The number of phenolic OH excluding ortho intramolecular Hbond substituents is 1. The highest BCUT2D eigenvalue weighted by Gasteiger charge is 2.02. The molecule has 4 nitrogen and oxygen atoms in total. The quantitative estimate of drug-likeness (QED) is 0.635. The fourth-order valence-electron chi connectivity index (χ4n) is 0.804. The van der Waals surface area contributed by atoms with Gasteiger partial charge in [-0.2, -0.15) is 0 Å². The van der Waals surface area contributed by atoms with Crippen LogP contribution in [0.2, 0.25) is 0 Å². The minimum atomic E-state index is -0.0307. The maximum atomic E-state index is 9.22. The molecular weight excluding hydrogens is 159 g/mol. The number of aromatic hydroxyl groups is 1. The number of rotatable bonds is 3. The molecule has 0 aliphatic carbocycles. The summed E-state index contributed by atoms with van der Waals surface area (Å²) in [6.45, 7) is 0. The summed E-state index contributed by atoms with van der Waals surface area (Å²) in [4.78, 5) is 0. The number of ether oxygens (including phenoxy) is 1. The molecular formula is C7H8BO4. The van der Waals surface area contributed by atoms with Crippen molar-refractivity contribution >= 4 is 7.69 Å². The Balaban J connectivity index is 2.86. The van der Waals surface area contributed by atoms with Gasteiger partial charge in [-0.05, 0) is 12.1 Å². The first kappa shape index (κ1) is 8.74. The lowest BCUT2D eigenvalue weighted by Crippen LogP contribution is -1.99. The third-order valence-electron chi connectivity index (χ3n) is 1.34. The maximum absolute atomic E-state index is 9.22. The maximum Gasteiger partial charge on any atom is 0.569 e. The predicted molar refractivity (Wildman–Crippen MR) is 43.3 cm³/mol. The summed E-state index contributed by atoms with van der Waals surface area (Å²) >= 11 is 0. The normalized spacial score (nSPS) is 9.17. The molecule has 0 saturated carbocycles. The molecule has 0 atom stereocenters. The van der Waals surface area contributed by atoms with Gasteiger partial charge in [0.1, 0.15) is 5.75 Å². The van der Waals surface area contributed by atoms with Crippen LogP contribution in [0.3, 0.4) is 0 Å². The van der Waals surface area contributed by atoms with E-state index in [1.807, 2.05) is 0 Å². The van der Waals surface area contributed by atoms with Gasteiger partial charge in [-0.25, -0.2) is 0 Å². The van der Waals surface area contributed by atoms with Crippen LogP contribution >= 0.6 is 0 Å². The van der Waals surface area contributed by atoms with E-state index in [1.165, 1.54) is 19.2 Å². The molecule has 0 saturated heterocycles. The Bertz CT molecular complexity index is 264. The average molecular weight is 167 g/mol. The third-order valence-corrected chi connectivity index (χ3v) is 1.34. The van der Waals surface area contributed by atoms with E-state index in [9.17, 15) is 5.11 Å². The smallest absolute Gasteiger partial charge is 0.537 e. The van der Waals surface area contributed by atoms with Crippen molar-refractivity contribution in [3.63, 3.8) is 0 Å². The predicted octanol–water partition coefficient (Wildman–Crippen LogP) is 0.306. The molecule has 1 rings (SSSR count). The molecule has 0 aliphatic rings. The van der Waals surface area contributed by atoms with Crippen LogP contribution in [0.1, 0.15) is 0 Å². The molecule has 63 valence electrons. The van der Waals surface area contributed by atoms with Gasteiger partial charge in [-0.3, -0.25) is 0 Å². The second-order valence-electron chi connectivity index (χ2n) is 2.06. The van der Waals surface area contributed by atoms with Gasteiger partial charge < -0.3 is 19.5 Å². The number of methoxy groups -OCH3 is 1. The molecule has 2 N–H and O–H groups in total. The topological polar surface area (TPSA) is 58.9 Å². The minimum absolute atomic E-state index is 0.0307. The summed E-state index contributed by atoms with van der Waals surface area (Å²) in [6, 6.07) is 4.44. The summed E-state index contributed by atoms with van der Waals surface area (Å²) in [7, 11) is 2.00. The number of phenols is 1. The monoisotopic (exact) mass is 167 g/mol. The Hall–Kier alpha value is -1.36. The fraction of sp³-hybridized carbons (Fsp3) is 0.143. The summed E-state index contributed by atoms with van der Waals surface area (Å²) < 4.78 is 9.40. The Morgan fingerprint density at radius 3 is 2.67 bits per heavy atom. The molecule has 12 heavy (non-hydrogen) atoms. The fourth-order valence-corrected chi connectivity index (χ4v) is 0.804. The zero-order valence-electron chi connectivity index (χ0n) is 6.52. The summed E-state index contributed by atoms with van der Waals surface area (Å²) in [5.74, 6) is 0.674. The van der Waals surface area contributed by atoms with Crippen molar-refractivity contribution < 1.29 is 19.5 Å². The molecule has 0 aliphatic heterocycles. The molecule has 0 spiro atoms. The van der Waals surface area contributed by atoms with Crippen LogP contribution in [0.5, 0.6) is 17.2 Å². The van der Waals surface area contributed by atoms with Gasteiger partial charge in [0.25, 0.3) is 0 Å². The molecule has 1 radical (unpaired) electrons. The van der Waals surface area contributed by atoms with Crippen LogP contribution in [0, 0.1) is 0 Å². The third kappa shape index (κ3) is 1.82. The van der Waals surface area contributed by atoms with Crippen molar-refractivity contribution in [3.8, 4) is 17.2 Å². The van der Waals surface area contributed by atoms with Crippen LogP contribution < -0.4 is 9.39 Å². The first-order valence-corrected chi connectivity index (χ1v) is 3.27. The van der Waals surface area contributed by atoms with E-state index < -0.39 is 0 Å². The van der Waals surface area contributed by atoms with Crippen LogP contribution in [-0.2, 0) is 0 Å². The van der Waals surface area contributed by atoms with Crippen molar-refractivity contribution in [1.29, 1.82) is 0 Å². The first-order chi connectivity index (χ1) is 5.77. The second kappa shape index (κ2) is 3.87. The molecule has 0 heterocycles. The number of hydrogen-bond acceptors (Lipinski definition) is 4. The van der Waals surface area contributed by atoms with Gasteiger partial charge in [0, 0.05) is 6.07 Å². The van der Waals surface area contributed by atoms with Crippen LogP contribution in [0.25, 0.3) is 0 Å². The summed E-state index contributed by atoms with van der Waals surface area (Å²) in [5, 5.41) is 17.5. The van der Waals surface area contributed by atoms with E-state index in [0.717, 1.165) is 0 Å². The van der Waals surface area contributed by atoms with Crippen molar-refractivity contribution in [2.75, 3.05) is 7.11 Å². The summed E-state index contributed by atoms with van der Waals surface area (Å²) in [5.41, 5.74) is 0. The second-order valence-corrected chi connectivity index (χ2v) is 2.06. The Kier molecular flexibility index (Phi) is 2.82. The average Bonchev–Trinajstić information content (AvgIpc) is 2.05. The highest BCUT2D eigenvalue weighted by atomic mass is 16.5. The van der Waals surface area contributed by atoms with E-state index >= 15 is 0 Å². The first-order valence-electron chi connectivity index (χ1n) is 3.27. The molecule has 0 amide bonds. The van der Waals surface area contributed by atoms with E-state index in [2.05, 4.69) is 4.65 Å². The molecule has 0 aromatic heterocycles. The Morgan fingerprint density at radius 2 is 2.17 bits per heavy atom. The van der Waals surface area contributed by atoms with Crippen molar-refractivity contribution in [2.24, 2.45) is 0 Å². The minimum Gasteiger partial charge on any atom is -0.537 e. The van der Waals surface area contributed by atoms with Crippen LogP contribution in [-0.4, -0.2) is 24.9 Å². The van der Waals surface area contributed by atoms with Gasteiger partial charge >= 0.3 is 7.69 Å². The molecule has 0 fully saturated rings. The lowest BCUT2D eigenvalue weighted by molar-refractivity contribution is 0.370. The molecule has 0 unspecified atom stereocenters. The van der Waals surface area contributed by atoms with Gasteiger partial charge in [-0.15, -0.1) is 0 Å².